The van der Waals surface area contributed by atoms with Crippen molar-refractivity contribution < 1.29 is 0 Å². The average molecular weight is 335 g/mol. The fourth-order valence-corrected chi connectivity index (χ4v) is 2.70. The first-order valence-corrected chi connectivity index (χ1v) is 9.69. The summed E-state index contributed by atoms with van der Waals surface area (Å²) in [6.07, 6.45) is 14.7. The number of hydrogen-bond donors (Lipinski definition) is 0. The van der Waals surface area contributed by atoms with Crippen molar-refractivity contribution in [3.05, 3.63) is 84.4 Å². The molecule has 0 spiro atoms. The van der Waals surface area contributed by atoms with Crippen molar-refractivity contribution in [3.63, 3.8) is 0 Å². The van der Waals surface area contributed by atoms with Gasteiger partial charge in [0, 0.05) is 0 Å². The van der Waals surface area contributed by atoms with Crippen LogP contribution < -0.4 is 0 Å². The van der Waals surface area contributed by atoms with Crippen LogP contribution in [-0.4, -0.2) is 0 Å². The van der Waals surface area contributed by atoms with Gasteiger partial charge in [0.15, 0.2) is 0 Å². The molecule has 0 fully saturated rings. The zero-order valence-electron chi connectivity index (χ0n) is 15.9. The second-order valence-electron chi connectivity index (χ2n) is 6.43. The molecule has 2 aromatic carbocycles. The number of aryl methyl sites for hydroxylation is 1. The molecule has 134 valence electrons. The largest absolute Gasteiger partial charge is 0.0985 e. The monoisotopic (exact) mass is 334 g/mol. The van der Waals surface area contributed by atoms with E-state index in [2.05, 4.69) is 44.3 Å². The Morgan fingerprint density at radius 3 is 1.68 bits per heavy atom. The number of benzene rings is 2. The Morgan fingerprint density at radius 2 is 1.16 bits per heavy atom. The van der Waals surface area contributed by atoms with Gasteiger partial charge in [-0.3, -0.25) is 0 Å². The van der Waals surface area contributed by atoms with Crippen molar-refractivity contribution in [3.8, 4) is 0 Å². The van der Waals surface area contributed by atoms with E-state index in [0.29, 0.717) is 0 Å². The van der Waals surface area contributed by atoms with Crippen LogP contribution in [0.5, 0.6) is 0 Å². The molecule has 2 rings (SSSR count). The molecule has 0 heterocycles. The molecule has 0 heteroatoms. The smallest absolute Gasteiger partial charge is 0.0262 e. The highest BCUT2D eigenvalue weighted by molar-refractivity contribution is 5.47. The molecule has 0 aliphatic rings. The van der Waals surface area contributed by atoms with Crippen molar-refractivity contribution in [1.82, 2.24) is 0 Å². The van der Waals surface area contributed by atoms with Gasteiger partial charge in [0.1, 0.15) is 0 Å². The maximum Gasteiger partial charge on any atom is -0.0262 e. The third-order valence-electron chi connectivity index (χ3n) is 4.32. The van der Waals surface area contributed by atoms with Crippen LogP contribution in [-0.2, 0) is 6.42 Å². The number of hydrogen-bond acceptors (Lipinski definition) is 0. The molecule has 2 aromatic rings. The first-order valence-electron chi connectivity index (χ1n) is 9.69. The van der Waals surface area contributed by atoms with E-state index in [1.54, 1.807) is 0 Å². The average Bonchev–Trinajstić information content (AvgIpc) is 2.69. The maximum atomic E-state index is 3.77. The fraction of sp³-hybridized carbons (Fsp3) is 0.360. The predicted molar refractivity (Wildman–Crippen MR) is 115 cm³/mol. The van der Waals surface area contributed by atoms with Crippen LogP contribution in [0.2, 0.25) is 0 Å². The molecule has 0 atom stereocenters. The summed E-state index contributed by atoms with van der Waals surface area (Å²) >= 11 is 0. The third-order valence-corrected chi connectivity index (χ3v) is 4.32. The molecule has 25 heavy (non-hydrogen) atoms. The van der Waals surface area contributed by atoms with Crippen LogP contribution in [0.4, 0.5) is 0 Å². The minimum atomic E-state index is 1.17. The van der Waals surface area contributed by atoms with E-state index in [0.717, 1.165) is 0 Å². The summed E-state index contributed by atoms with van der Waals surface area (Å²) < 4.78 is 0. The molecule has 0 radical (unpaired) electrons. The first-order chi connectivity index (χ1) is 12.3. The predicted octanol–water partition coefficient (Wildman–Crippen LogP) is 7.95. The summed E-state index contributed by atoms with van der Waals surface area (Å²) in [7, 11) is 0. The second-order valence-corrected chi connectivity index (χ2v) is 6.43. The lowest BCUT2D eigenvalue weighted by Crippen LogP contribution is -1.86. The molecule has 0 aromatic heterocycles. The SMILES string of the molecule is C=Cc1ccc(CCCCCCCCC)cc1.C=Cc1ccccc1. The molecular formula is C25H34. The van der Waals surface area contributed by atoms with Gasteiger partial charge in [-0.25, -0.2) is 0 Å². The zero-order valence-corrected chi connectivity index (χ0v) is 15.9. The Balaban J connectivity index is 0.000000324. The quantitative estimate of drug-likeness (QED) is 0.387. The van der Waals surface area contributed by atoms with E-state index in [-0.39, 0.29) is 0 Å². The van der Waals surface area contributed by atoms with E-state index in [1.807, 2.05) is 42.5 Å². The summed E-state index contributed by atoms with van der Waals surface area (Å²) in [6, 6.07) is 18.8. The zero-order chi connectivity index (χ0) is 18.2. The van der Waals surface area contributed by atoms with Crippen molar-refractivity contribution in [1.29, 1.82) is 0 Å². The number of rotatable bonds is 10. The van der Waals surface area contributed by atoms with Crippen LogP contribution in [0, 0.1) is 0 Å². The highest BCUT2D eigenvalue weighted by Gasteiger charge is 1.94. The molecule has 0 saturated carbocycles. The Kier molecular flexibility index (Phi) is 12.0. The van der Waals surface area contributed by atoms with Crippen molar-refractivity contribution in [2.75, 3.05) is 0 Å². The van der Waals surface area contributed by atoms with Crippen LogP contribution in [0.25, 0.3) is 12.2 Å². The first kappa shape index (κ1) is 21.0. The van der Waals surface area contributed by atoms with Gasteiger partial charge in [0.2, 0.25) is 0 Å². The summed E-state index contributed by atoms with van der Waals surface area (Å²) in [4.78, 5) is 0. The Bertz CT molecular complexity index is 563. The Hall–Kier alpha value is -2.08. The standard InChI is InChI=1S/C17H26.C8H8/c1-3-5-6-7-8-9-10-11-17-14-12-16(4-2)13-15-17;1-2-8-6-4-3-5-7-8/h4,12-15H,2-3,5-11H2,1H3;2-7H,1H2. The Labute approximate surface area is 155 Å². The van der Waals surface area contributed by atoms with Crippen LogP contribution in [0.1, 0.15) is 68.6 Å². The lowest BCUT2D eigenvalue weighted by molar-refractivity contribution is 0.589. The Morgan fingerprint density at radius 1 is 0.640 bits per heavy atom. The van der Waals surface area contributed by atoms with Crippen LogP contribution >= 0.6 is 0 Å². The molecule has 0 amide bonds. The molecule has 0 unspecified atom stereocenters. The fourth-order valence-electron chi connectivity index (χ4n) is 2.70. The molecule has 0 bridgehead atoms. The van der Waals surface area contributed by atoms with E-state index < -0.39 is 0 Å². The molecule has 0 aliphatic carbocycles. The molecule has 0 N–H and O–H groups in total. The molecule has 0 nitrogen and oxygen atoms in total. The van der Waals surface area contributed by atoms with E-state index >= 15 is 0 Å². The normalized spacial score (nSPS) is 9.80. The summed E-state index contributed by atoms with van der Waals surface area (Å²) in [5.41, 5.74) is 3.85. The maximum absolute atomic E-state index is 3.77. The minimum absolute atomic E-state index is 1.17. The van der Waals surface area contributed by atoms with Gasteiger partial charge in [-0.2, -0.15) is 0 Å². The topological polar surface area (TPSA) is 0 Å². The van der Waals surface area contributed by atoms with Crippen LogP contribution in [0.15, 0.2) is 67.8 Å². The highest BCUT2D eigenvalue weighted by atomic mass is 14.0. The van der Waals surface area contributed by atoms with Gasteiger partial charge >= 0.3 is 0 Å². The summed E-state index contributed by atoms with van der Waals surface area (Å²) in [6.45, 7) is 9.67. The van der Waals surface area contributed by atoms with Crippen molar-refractivity contribution in [2.24, 2.45) is 0 Å². The second kappa shape index (κ2) is 14.3. The lowest BCUT2D eigenvalue weighted by Gasteiger charge is -2.03. The van der Waals surface area contributed by atoms with Gasteiger partial charge in [-0.15, -0.1) is 0 Å². The molecule has 0 saturated heterocycles. The minimum Gasteiger partial charge on any atom is -0.0985 e. The van der Waals surface area contributed by atoms with Crippen molar-refractivity contribution >= 4 is 12.2 Å². The van der Waals surface area contributed by atoms with Gasteiger partial charge in [0.25, 0.3) is 0 Å². The van der Waals surface area contributed by atoms with Crippen LogP contribution in [0.3, 0.4) is 0 Å². The van der Waals surface area contributed by atoms with Gasteiger partial charge in [-0.05, 0) is 29.5 Å². The third kappa shape index (κ3) is 10.4. The summed E-state index contributed by atoms with van der Waals surface area (Å²) in [5, 5.41) is 0. The summed E-state index contributed by atoms with van der Waals surface area (Å²) in [5.74, 6) is 0. The molecule has 0 aliphatic heterocycles. The molecular weight excluding hydrogens is 300 g/mol. The van der Waals surface area contributed by atoms with Crippen molar-refractivity contribution in [2.45, 2.75) is 58.3 Å². The highest BCUT2D eigenvalue weighted by Crippen LogP contribution is 2.12. The van der Waals surface area contributed by atoms with E-state index in [1.165, 1.54) is 68.1 Å². The van der Waals surface area contributed by atoms with E-state index in [9.17, 15) is 0 Å². The van der Waals surface area contributed by atoms with Gasteiger partial charge in [-0.1, -0.05) is 125 Å². The number of unbranched alkanes of at least 4 members (excludes halogenated alkanes) is 6. The van der Waals surface area contributed by atoms with Gasteiger partial charge in [0.05, 0.1) is 0 Å². The lowest BCUT2D eigenvalue weighted by atomic mass is 10.0. The van der Waals surface area contributed by atoms with E-state index in [4.69, 9.17) is 0 Å². The van der Waals surface area contributed by atoms with Gasteiger partial charge < -0.3 is 0 Å².